The average Bonchev–Trinajstić information content (AvgIpc) is 2.54. The first-order valence-corrected chi connectivity index (χ1v) is 7.34. The molecule has 0 radical (unpaired) electrons. The van der Waals surface area contributed by atoms with Crippen LogP contribution in [0.4, 0.5) is 0 Å². The van der Waals surface area contributed by atoms with Crippen LogP contribution in [0.1, 0.15) is 27.9 Å². The number of nitrogens with one attached hydrogen (secondary N) is 1. The number of Topliss-reactive ketones (excluding diaryl/α,β-unsaturated/α-hetero) is 1. The molecule has 110 valence electrons. The van der Waals surface area contributed by atoms with Gasteiger partial charge in [0.2, 0.25) is 0 Å². The van der Waals surface area contributed by atoms with Gasteiger partial charge in [-0.3, -0.25) is 9.59 Å². The largest absolute Gasteiger partial charge is 0.322 e. The van der Waals surface area contributed by atoms with E-state index < -0.39 is 0 Å². The van der Waals surface area contributed by atoms with Gasteiger partial charge in [0.05, 0.1) is 0 Å². The summed E-state index contributed by atoms with van der Waals surface area (Å²) in [6, 6.07) is 17.2. The lowest BCUT2D eigenvalue weighted by Gasteiger charge is -2.05. The molecule has 3 rings (SSSR count). The highest BCUT2D eigenvalue weighted by molar-refractivity contribution is 5.99. The molecule has 3 aromatic rings. The third-order valence-corrected chi connectivity index (χ3v) is 3.84. The van der Waals surface area contributed by atoms with E-state index in [-0.39, 0.29) is 11.3 Å². The van der Waals surface area contributed by atoms with Gasteiger partial charge in [0.1, 0.15) is 0 Å². The lowest BCUT2D eigenvalue weighted by molar-refractivity contribution is 0.0983. The van der Waals surface area contributed by atoms with Gasteiger partial charge in [0, 0.05) is 23.1 Å². The molecule has 0 amide bonds. The number of aromatic nitrogens is 1. The molecule has 22 heavy (non-hydrogen) atoms. The van der Waals surface area contributed by atoms with Gasteiger partial charge >= 0.3 is 0 Å². The summed E-state index contributed by atoms with van der Waals surface area (Å²) < 4.78 is 0. The molecule has 0 unspecified atom stereocenters. The fourth-order valence-electron chi connectivity index (χ4n) is 2.54. The predicted octanol–water partition coefficient (Wildman–Crippen LogP) is 3.65. The van der Waals surface area contributed by atoms with Crippen molar-refractivity contribution in [1.82, 2.24) is 4.98 Å². The molecule has 0 aliphatic carbocycles. The zero-order chi connectivity index (χ0) is 15.5. The van der Waals surface area contributed by atoms with E-state index in [9.17, 15) is 9.59 Å². The summed E-state index contributed by atoms with van der Waals surface area (Å²) in [5, 5.41) is 0.891. The maximum atomic E-state index is 12.3. The third-order valence-electron chi connectivity index (χ3n) is 3.84. The van der Waals surface area contributed by atoms with Crippen molar-refractivity contribution < 1.29 is 4.79 Å². The van der Waals surface area contributed by atoms with Crippen LogP contribution in [0.5, 0.6) is 0 Å². The first-order valence-electron chi connectivity index (χ1n) is 7.34. The zero-order valence-corrected chi connectivity index (χ0v) is 12.4. The van der Waals surface area contributed by atoms with Crippen molar-refractivity contribution in [1.29, 1.82) is 0 Å². The molecule has 3 nitrogen and oxygen atoms in total. The van der Waals surface area contributed by atoms with Crippen molar-refractivity contribution in [3.8, 4) is 0 Å². The van der Waals surface area contributed by atoms with Crippen molar-refractivity contribution in [2.24, 2.45) is 0 Å². The number of aromatic amines is 1. The van der Waals surface area contributed by atoms with E-state index in [1.165, 1.54) is 0 Å². The molecule has 0 aliphatic heterocycles. The smallest absolute Gasteiger partial charge is 0.251 e. The Morgan fingerprint density at radius 1 is 1.05 bits per heavy atom. The highest BCUT2D eigenvalue weighted by Crippen LogP contribution is 2.16. The standard InChI is InChI=1S/C19H17NO2/c1-13-11-16-12-15(8-9-17(16)20-19(13)22)18(21)10-7-14-5-3-2-4-6-14/h2-6,8-9,11-12H,7,10H2,1H3,(H,20,22). The molecule has 1 aromatic heterocycles. The number of hydrogen-bond acceptors (Lipinski definition) is 2. The predicted molar refractivity (Wildman–Crippen MR) is 88.4 cm³/mol. The van der Waals surface area contributed by atoms with Crippen molar-refractivity contribution >= 4 is 16.7 Å². The molecule has 2 aromatic carbocycles. The van der Waals surface area contributed by atoms with Crippen LogP contribution in [0.2, 0.25) is 0 Å². The van der Waals surface area contributed by atoms with Gasteiger partial charge in [0.15, 0.2) is 5.78 Å². The van der Waals surface area contributed by atoms with E-state index in [1.807, 2.05) is 42.5 Å². The van der Waals surface area contributed by atoms with Crippen LogP contribution in [0.25, 0.3) is 10.9 Å². The van der Waals surface area contributed by atoms with Crippen LogP contribution in [0, 0.1) is 6.92 Å². The summed E-state index contributed by atoms with van der Waals surface area (Å²) in [6.45, 7) is 1.77. The SMILES string of the molecule is Cc1cc2cc(C(=O)CCc3ccccc3)ccc2[nH]c1=O. The number of H-pyrrole nitrogens is 1. The Morgan fingerprint density at radius 3 is 2.59 bits per heavy atom. The van der Waals surface area contributed by atoms with Crippen molar-refractivity contribution in [2.75, 3.05) is 0 Å². The number of benzene rings is 2. The number of fused-ring (bicyclic) bond motifs is 1. The average molecular weight is 291 g/mol. The van der Waals surface area contributed by atoms with Crippen LogP contribution in [0.15, 0.2) is 59.4 Å². The van der Waals surface area contributed by atoms with Gasteiger partial charge in [-0.25, -0.2) is 0 Å². The molecule has 0 fully saturated rings. The topological polar surface area (TPSA) is 49.9 Å². The molecule has 0 atom stereocenters. The summed E-state index contributed by atoms with van der Waals surface area (Å²) in [5.74, 6) is 0.120. The molecule has 1 N–H and O–H groups in total. The second-order valence-electron chi connectivity index (χ2n) is 5.49. The number of pyridine rings is 1. The minimum atomic E-state index is -0.0874. The second-order valence-corrected chi connectivity index (χ2v) is 5.49. The summed E-state index contributed by atoms with van der Waals surface area (Å²) in [7, 11) is 0. The highest BCUT2D eigenvalue weighted by Gasteiger charge is 2.08. The summed E-state index contributed by atoms with van der Waals surface area (Å²) in [6.07, 6.45) is 1.22. The quantitative estimate of drug-likeness (QED) is 0.746. The normalized spacial score (nSPS) is 10.8. The number of ketones is 1. The Morgan fingerprint density at radius 2 is 1.82 bits per heavy atom. The Bertz CT molecular complexity index is 879. The second kappa shape index (κ2) is 5.98. The highest BCUT2D eigenvalue weighted by atomic mass is 16.1. The molecule has 3 heteroatoms. The summed E-state index contributed by atoms with van der Waals surface area (Å²) in [4.78, 5) is 26.7. The molecule has 0 aliphatic rings. The van der Waals surface area contributed by atoms with E-state index in [0.717, 1.165) is 22.9 Å². The van der Waals surface area contributed by atoms with Gasteiger partial charge in [-0.15, -0.1) is 0 Å². The van der Waals surface area contributed by atoms with Gasteiger partial charge in [-0.05, 0) is 48.6 Å². The Kier molecular flexibility index (Phi) is 3.88. The maximum absolute atomic E-state index is 12.3. The van der Waals surface area contributed by atoms with Crippen LogP contribution in [0.3, 0.4) is 0 Å². The molecule has 0 bridgehead atoms. The molecule has 0 saturated heterocycles. The molecular weight excluding hydrogens is 274 g/mol. The maximum Gasteiger partial charge on any atom is 0.251 e. The molecule has 0 saturated carbocycles. The molecule has 1 heterocycles. The van der Waals surface area contributed by atoms with Gasteiger partial charge in [-0.2, -0.15) is 0 Å². The first-order chi connectivity index (χ1) is 10.6. The fraction of sp³-hybridized carbons (Fsp3) is 0.158. The van der Waals surface area contributed by atoms with Crippen molar-refractivity contribution in [2.45, 2.75) is 19.8 Å². The van der Waals surface area contributed by atoms with Crippen LogP contribution in [-0.2, 0) is 6.42 Å². The lowest BCUT2D eigenvalue weighted by Crippen LogP contribution is -2.09. The monoisotopic (exact) mass is 291 g/mol. The van der Waals surface area contributed by atoms with Gasteiger partial charge in [-0.1, -0.05) is 30.3 Å². The Labute approximate surface area is 128 Å². The minimum Gasteiger partial charge on any atom is -0.322 e. The van der Waals surface area contributed by atoms with E-state index >= 15 is 0 Å². The van der Waals surface area contributed by atoms with Crippen LogP contribution >= 0.6 is 0 Å². The number of hydrogen-bond donors (Lipinski definition) is 1. The van der Waals surface area contributed by atoms with E-state index in [4.69, 9.17) is 0 Å². The van der Waals surface area contributed by atoms with Crippen molar-refractivity contribution in [3.63, 3.8) is 0 Å². The molecular formula is C19H17NO2. The van der Waals surface area contributed by atoms with Crippen LogP contribution in [-0.4, -0.2) is 10.8 Å². The van der Waals surface area contributed by atoms with Crippen molar-refractivity contribution in [3.05, 3.63) is 81.6 Å². The third kappa shape index (κ3) is 2.98. The van der Waals surface area contributed by atoms with Crippen LogP contribution < -0.4 is 5.56 Å². The van der Waals surface area contributed by atoms with Gasteiger partial charge < -0.3 is 4.98 Å². The number of aryl methyl sites for hydroxylation is 2. The minimum absolute atomic E-state index is 0.0874. The van der Waals surface area contributed by atoms with E-state index in [0.29, 0.717) is 17.5 Å². The lowest BCUT2D eigenvalue weighted by atomic mass is 10.0. The zero-order valence-electron chi connectivity index (χ0n) is 12.4. The Balaban J connectivity index is 1.82. The first kappa shape index (κ1) is 14.3. The number of carbonyl (C=O) groups excluding carboxylic acids is 1. The van der Waals surface area contributed by atoms with E-state index in [2.05, 4.69) is 4.98 Å². The number of rotatable bonds is 4. The molecule has 0 spiro atoms. The fourth-order valence-corrected chi connectivity index (χ4v) is 2.54. The van der Waals surface area contributed by atoms with Gasteiger partial charge in [0.25, 0.3) is 5.56 Å². The number of carbonyl (C=O) groups is 1. The summed E-state index contributed by atoms with van der Waals surface area (Å²) >= 11 is 0. The Hall–Kier alpha value is -2.68. The van der Waals surface area contributed by atoms with E-state index in [1.54, 1.807) is 19.1 Å². The summed E-state index contributed by atoms with van der Waals surface area (Å²) in [5.41, 5.74) is 3.18.